The van der Waals surface area contributed by atoms with E-state index >= 15 is 0 Å². The van der Waals surface area contributed by atoms with Crippen LogP contribution in [0.2, 0.25) is 0 Å². The molecule has 4 heteroatoms. The fourth-order valence-corrected chi connectivity index (χ4v) is 2.42. The molecule has 98 valence electrons. The molecule has 0 amide bonds. The molecule has 0 spiro atoms. The number of ether oxygens (including phenoxy) is 1. The predicted molar refractivity (Wildman–Crippen MR) is 68.2 cm³/mol. The normalized spacial score (nSPS) is 20.2. The minimum absolute atomic E-state index is 0.202. The van der Waals surface area contributed by atoms with Gasteiger partial charge in [-0.15, -0.1) is 0 Å². The molecule has 1 N–H and O–H groups in total. The van der Waals surface area contributed by atoms with Crippen LogP contribution in [0.15, 0.2) is 24.3 Å². The molecule has 4 nitrogen and oxygen atoms in total. The second-order valence-electron chi connectivity index (χ2n) is 4.81. The molecular formula is C14H19NO3. The van der Waals surface area contributed by atoms with Crippen LogP contribution >= 0.6 is 0 Å². The standard InChI is InChI=1S/C14H19NO3/c1-18-10-12-4-2-3-11(7-12)8-15-6-5-13(9-15)14(16)17/h2-4,7,13H,5-6,8-10H2,1H3,(H,16,17). The summed E-state index contributed by atoms with van der Waals surface area (Å²) in [5, 5.41) is 8.97. The average molecular weight is 249 g/mol. The minimum Gasteiger partial charge on any atom is -0.481 e. The second kappa shape index (κ2) is 5.98. The van der Waals surface area contributed by atoms with Crippen LogP contribution in [-0.4, -0.2) is 36.2 Å². The maximum absolute atomic E-state index is 10.9. The van der Waals surface area contributed by atoms with Crippen molar-refractivity contribution in [3.8, 4) is 0 Å². The number of hydrogen-bond acceptors (Lipinski definition) is 3. The lowest BCUT2D eigenvalue weighted by Crippen LogP contribution is -2.22. The Labute approximate surface area is 107 Å². The van der Waals surface area contributed by atoms with Crippen molar-refractivity contribution in [2.75, 3.05) is 20.2 Å². The number of methoxy groups -OCH3 is 1. The van der Waals surface area contributed by atoms with E-state index in [2.05, 4.69) is 17.0 Å². The second-order valence-corrected chi connectivity index (χ2v) is 4.81. The van der Waals surface area contributed by atoms with Crippen molar-refractivity contribution in [2.45, 2.75) is 19.6 Å². The zero-order valence-corrected chi connectivity index (χ0v) is 10.6. The van der Waals surface area contributed by atoms with Crippen molar-refractivity contribution in [2.24, 2.45) is 5.92 Å². The predicted octanol–water partition coefficient (Wildman–Crippen LogP) is 1.74. The molecule has 0 radical (unpaired) electrons. The highest BCUT2D eigenvalue weighted by molar-refractivity contribution is 5.70. The van der Waals surface area contributed by atoms with Gasteiger partial charge in [0.15, 0.2) is 0 Å². The summed E-state index contributed by atoms with van der Waals surface area (Å²) in [5.74, 6) is -0.877. The molecule has 1 aliphatic heterocycles. The molecule has 1 saturated heterocycles. The van der Waals surface area contributed by atoms with Crippen LogP contribution in [0.3, 0.4) is 0 Å². The van der Waals surface area contributed by atoms with E-state index in [0.29, 0.717) is 13.2 Å². The number of rotatable bonds is 5. The summed E-state index contributed by atoms with van der Waals surface area (Å²) in [4.78, 5) is 13.1. The van der Waals surface area contributed by atoms with Crippen molar-refractivity contribution in [3.05, 3.63) is 35.4 Å². The third-order valence-corrected chi connectivity index (χ3v) is 3.33. The number of carboxylic acids is 1. The highest BCUT2D eigenvalue weighted by atomic mass is 16.5. The number of nitrogens with zero attached hydrogens (tertiary/aromatic N) is 1. The highest BCUT2D eigenvalue weighted by Crippen LogP contribution is 2.19. The number of carboxylic acid groups (broad SMARTS) is 1. The molecule has 18 heavy (non-hydrogen) atoms. The Hall–Kier alpha value is -1.39. The lowest BCUT2D eigenvalue weighted by Gasteiger charge is -2.15. The zero-order valence-electron chi connectivity index (χ0n) is 10.6. The zero-order chi connectivity index (χ0) is 13.0. The van der Waals surface area contributed by atoms with Gasteiger partial charge in [-0.3, -0.25) is 9.69 Å². The number of benzene rings is 1. The Kier molecular flexibility index (Phi) is 4.33. The Morgan fingerprint density at radius 1 is 1.50 bits per heavy atom. The smallest absolute Gasteiger partial charge is 0.307 e. The number of carbonyl (C=O) groups is 1. The van der Waals surface area contributed by atoms with Crippen molar-refractivity contribution >= 4 is 5.97 Å². The van der Waals surface area contributed by atoms with Crippen LogP contribution < -0.4 is 0 Å². The highest BCUT2D eigenvalue weighted by Gasteiger charge is 2.27. The van der Waals surface area contributed by atoms with Crippen LogP contribution in [-0.2, 0) is 22.7 Å². The van der Waals surface area contributed by atoms with Gasteiger partial charge in [0.05, 0.1) is 12.5 Å². The van der Waals surface area contributed by atoms with Crippen LogP contribution in [0.1, 0.15) is 17.5 Å². The molecule has 1 aliphatic rings. The largest absolute Gasteiger partial charge is 0.481 e. The van der Waals surface area contributed by atoms with Gasteiger partial charge in [-0.25, -0.2) is 0 Å². The maximum Gasteiger partial charge on any atom is 0.307 e. The fraction of sp³-hybridized carbons (Fsp3) is 0.500. The molecule has 1 unspecified atom stereocenters. The fourth-order valence-electron chi connectivity index (χ4n) is 2.42. The van der Waals surface area contributed by atoms with Gasteiger partial charge in [-0.2, -0.15) is 0 Å². The summed E-state index contributed by atoms with van der Waals surface area (Å²) in [5.41, 5.74) is 2.37. The average Bonchev–Trinajstić information content (AvgIpc) is 2.78. The van der Waals surface area contributed by atoms with Crippen molar-refractivity contribution < 1.29 is 14.6 Å². The SMILES string of the molecule is COCc1cccc(CN2CCC(C(=O)O)C2)c1. The summed E-state index contributed by atoms with van der Waals surface area (Å²) >= 11 is 0. The molecule has 0 aliphatic carbocycles. The molecular weight excluding hydrogens is 230 g/mol. The lowest BCUT2D eigenvalue weighted by molar-refractivity contribution is -0.141. The lowest BCUT2D eigenvalue weighted by atomic mass is 10.1. The maximum atomic E-state index is 10.9. The monoisotopic (exact) mass is 249 g/mol. The van der Waals surface area contributed by atoms with Gasteiger partial charge in [0.1, 0.15) is 0 Å². The summed E-state index contributed by atoms with van der Waals surface area (Å²) in [6, 6.07) is 8.26. The van der Waals surface area contributed by atoms with Gasteiger partial charge in [-0.1, -0.05) is 24.3 Å². The van der Waals surface area contributed by atoms with E-state index in [1.807, 2.05) is 12.1 Å². The number of aliphatic carboxylic acids is 1. The molecule has 1 aromatic rings. The first-order valence-corrected chi connectivity index (χ1v) is 6.21. The molecule has 1 aromatic carbocycles. The quantitative estimate of drug-likeness (QED) is 0.863. The van der Waals surface area contributed by atoms with Crippen LogP contribution in [0.5, 0.6) is 0 Å². The first-order chi connectivity index (χ1) is 8.69. The Morgan fingerprint density at radius 3 is 2.94 bits per heavy atom. The van der Waals surface area contributed by atoms with Crippen molar-refractivity contribution in [1.82, 2.24) is 4.90 Å². The van der Waals surface area contributed by atoms with Gasteiger partial charge in [0.25, 0.3) is 0 Å². The molecule has 1 fully saturated rings. The summed E-state index contributed by atoms with van der Waals surface area (Å²) in [7, 11) is 1.69. The van der Waals surface area contributed by atoms with E-state index in [4.69, 9.17) is 9.84 Å². The van der Waals surface area contributed by atoms with E-state index in [-0.39, 0.29) is 5.92 Å². The van der Waals surface area contributed by atoms with E-state index in [0.717, 1.165) is 25.1 Å². The first-order valence-electron chi connectivity index (χ1n) is 6.21. The van der Waals surface area contributed by atoms with Crippen molar-refractivity contribution in [3.63, 3.8) is 0 Å². The molecule has 1 heterocycles. The third-order valence-electron chi connectivity index (χ3n) is 3.33. The van der Waals surface area contributed by atoms with Gasteiger partial charge in [0, 0.05) is 20.2 Å². The van der Waals surface area contributed by atoms with Gasteiger partial charge in [0.2, 0.25) is 0 Å². The van der Waals surface area contributed by atoms with E-state index in [1.165, 1.54) is 5.56 Å². The summed E-state index contributed by atoms with van der Waals surface area (Å²) in [6.45, 7) is 2.96. The number of hydrogen-bond donors (Lipinski definition) is 1. The molecule has 0 bridgehead atoms. The molecule has 1 atom stereocenters. The van der Waals surface area contributed by atoms with E-state index < -0.39 is 5.97 Å². The third kappa shape index (κ3) is 3.31. The van der Waals surface area contributed by atoms with Gasteiger partial charge < -0.3 is 9.84 Å². The number of likely N-dealkylation sites (tertiary alicyclic amines) is 1. The summed E-state index contributed by atoms with van der Waals surface area (Å²) in [6.07, 6.45) is 0.757. The van der Waals surface area contributed by atoms with Gasteiger partial charge >= 0.3 is 5.97 Å². The van der Waals surface area contributed by atoms with E-state index in [1.54, 1.807) is 7.11 Å². The van der Waals surface area contributed by atoms with E-state index in [9.17, 15) is 4.79 Å². The van der Waals surface area contributed by atoms with Crippen LogP contribution in [0.4, 0.5) is 0 Å². The molecule has 0 saturated carbocycles. The van der Waals surface area contributed by atoms with Crippen LogP contribution in [0.25, 0.3) is 0 Å². The van der Waals surface area contributed by atoms with Crippen LogP contribution in [0, 0.1) is 5.92 Å². The first kappa shape index (κ1) is 13.1. The molecule has 0 aromatic heterocycles. The minimum atomic E-state index is -0.675. The van der Waals surface area contributed by atoms with Gasteiger partial charge in [-0.05, 0) is 24.1 Å². The van der Waals surface area contributed by atoms with Crippen molar-refractivity contribution in [1.29, 1.82) is 0 Å². The summed E-state index contributed by atoms with van der Waals surface area (Å²) < 4.78 is 5.11. The topological polar surface area (TPSA) is 49.8 Å². The Morgan fingerprint density at radius 2 is 2.28 bits per heavy atom. The Balaban J connectivity index is 1.94. The Bertz CT molecular complexity index is 419. The molecule has 2 rings (SSSR count).